The summed E-state index contributed by atoms with van der Waals surface area (Å²) >= 11 is 0. The number of ether oxygens (including phenoxy) is 2. The molecule has 0 spiro atoms. The molecule has 60 heavy (non-hydrogen) atoms. The molecule has 2 aromatic carbocycles. The van der Waals surface area contributed by atoms with Crippen molar-refractivity contribution >= 4 is 36.7 Å². The second kappa shape index (κ2) is 19.1. The molecule has 0 aliphatic carbocycles. The van der Waals surface area contributed by atoms with Crippen LogP contribution in [0.1, 0.15) is 80.4 Å². The van der Waals surface area contributed by atoms with E-state index < -0.39 is 72.4 Å². The average Bonchev–Trinajstić information content (AvgIpc) is 3.63. The summed E-state index contributed by atoms with van der Waals surface area (Å²) in [6, 6.07) is 11.7. The van der Waals surface area contributed by atoms with Crippen molar-refractivity contribution in [2.45, 2.75) is 165 Å². The van der Waals surface area contributed by atoms with Crippen molar-refractivity contribution in [3.8, 4) is 23.7 Å². The van der Waals surface area contributed by atoms with Crippen molar-refractivity contribution in [1.82, 2.24) is 8.61 Å². The Kier molecular flexibility index (Phi) is 16.6. The van der Waals surface area contributed by atoms with E-state index in [0.717, 1.165) is 11.1 Å². The molecule has 0 bridgehead atoms. The van der Waals surface area contributed by atoms with Gasteiger partial charge in [0.2, 0.25) is 20.0 Å². The minimum atomic E-state index is -3.87. The quantitative estimate of drug-likeness (QED) is 0.188. The normalized spacial score (nSPS) is 21.2. The Bertz CT molecular complexity index is 1970. The van der Waals surface area contributed by atoms with Gasteiger partial charge < -0.3 is 28.5 Å². The number of aliphatic hydroxyl groups excluding tert-OH is 2. The Morgan fingerprint density at radius 1 is 0.650 bits per heavy atom. The smallest absolute Gasteiger partial charge is 0.245 e. The molecule has 0 aromatic heterocycles. The minimum Gasteiger partial charge on any atom is -0.406 e. The molecule has 16 heteroatoms. The van der Waals surface area contributed by atoms with Gasteiger partial charge in [-0.25, -0.2) is 16.8 Å². The summed E-state index contributed by atoms with van der Waals surface area (Å²) in [5.41, 5.74) is -0.242. The minimum absolute atomic E-state index is 0.0650. The number of aryl methyl sites for hydroxylation is 2. The molecular weight excluding hydrogens is 837 g/mol. The lowest BCUT2D eigenvalue weighted by Crippen LogP contribution is -2.51. The third-order valence-corrected chi connectivity index (χ3v) is 25.0. The molecule has 4 atom stereocenters. The van der Waals surface area contributed by atoms with E-state index in [1.165, 1.54) is 8.61 Å². The van der Waals surface area contributed by atoms with Crippen LogP contribution in [0.25, 0.3) is 0 Å². The highest BCUT2D eigenvalue weighted by Gasteiger charge is 2.52. The van der Waals surface area contributed by atoms with Crippen LogP contribution in [0.4, 0.5) is 0 Å². The number of hydrogen-bond donors (Lipinski definition) is 2. The SMILES string of the molecule is Cc1ccc(S(=O)(=O)N2[C@H]([C@H](O)C#CCO[Si](C)(C)C(C)(C)C)COC2(C)C)cc1.Cc1ccc(S(=O)(=O)N2[C@H]([C@H](O)C#CCO[Si](C)(C)C(C)(C)C)COC2(C)C)cc1. The molecule has 2 saturated heterocycles. The lowest BCUT2D eigenvalue weighted by molar-refractivity contribution is -0.0173. The molecule has 12 nitrogen and oxygen atoms in total. The highest BCUT2D eigenvalue weighted by molar-refractivity contribution is 7.89. The number of nitrogens with zero attached hydrogens (tertiary/aromatic N) is 2. The Hall–Kier alpha value is -2.43. The van der Waals surface area contributed by atoms with Crippen LogP contribution < -0.4 is 0 Å². The van der Waals surface area contributed by atoms with Crippen molar-refractivity contribution < 1.29 is 45.4 Å². The van der Waals surface area contributed by atoms with Crippen LogP contribution in [-0.4, -0.2) is 114 Å². The van der Waals surface area contributed by atoms with E-state index in [4.69, 9.17) is 18.3 Å². The van der Waals surface area contributed by atoms with E-state index in [2.05, 4.69) is 91.4 Å². The second-order valence-electron chi connectivity index (χ2n) is 19.5. The summed E-state index contributed by atoms with van der Waals surface area (Å²) in [4.78, 5) is 0.330. The van der Waals surface area contributed by atoms with Crippen LogP contribution in [0.3, 0.4) is 0 Å². The van der Waals surface area contributed by atoms with Crippen LogP contribution in [0.2, 0.25) is 36.3 Å². The van der Waals surface area contributed by atoms with Crippen molar-refractivity contribution in [3.63, 3.8) is 0 Å². The van der Waals surface area contributed by atoms with Crippen LogP contribution in [0, 0.1) is 37.5 Å². The van der Waals surface area contributed by atoms with Gasteiger partial charge in [-0.1, -0.05) is 101 Å². The van der Waals surface area contributed by atoms with E-state index in [1.807, 2.05) is 13.8 Å². The van der Waals surface area contributed by atoms with E-state index in [0.29, 0.717) is 0 Å². The molecule has 2 aliphatic heterocycles. The Morgan fingerprint density at radius 3 is 1.20 bits per heavy atom. The maximum Gasteiger partial charge on any atom is 0.245 e. The van der Waals surface area contributed by atoms with Crippen LogP contribution in [-0.2, 0) is 38.4 Å². The molecule has 0 unspecified atom stereocenters. The zero-order valence-corrected chi connectivity index (χ0v) is 42.3. The van der Waals surface area contributed by atoms with Gasteiger partial charge in [0.05, 0.1) is 48.3 Å². The molecule has 0 radical (unpaired) electrons. The average molecular weight is 907 g/mol. The topological polar surface area (TPSA) is 152 Å². The zero-order chi connectivity index (χ0) is 45.9. The number of benzene rings is 2. The monoisotopic (exact) mass is 906 g/mol. The van der Waals surface area contributed by atoms with Crippen LogP contribution in [0.5, 0.6) is 0 Å². The molecule has 2 aliphatic rings. The molecule has 2 aromatic rings. The third-order valence-electron chi connectivity index (χ3n) is 11.9. The summed E-state index contributed by atoms with van der Waals surface area (Å²) < 4.78 is 79.2. The Morgan fingerprint density at radius 2 is 0.933 bits per heavy atom. The molecule has 336 valence electrons. The fraction of sp³-hybridized carbons (Fsp3) is 0.636. The number of sulfonamides is 2. The van der Waals surface area contributed by atoms with Gasteiger partial charge in [-0.3, -0.25) is 0 Å². The summed E-state index contributed by atoms with van der Waals surface area (Å²) in [6.45, 7) is 32.5. The lowest BCUT2D eigenvalue weighted by atomic mass is 10.1. The standard InChI is InChI=1S/2C22H35NO5SSi/c2*1-17-11-13-18(14-12-17)29(25,26)23-19(16-27-22(23,5)6)20(24)10-9-15-28-30(7,8)21(2,3)4/h2*11-14,19-20,24H,15-16H2,1-8H3/t2*19-,20+/m00/s1. The third kappa shape index (κ3) is 12.4. The first-order valence-corrected chi connectivity index (χ1v) is 29.0. The summed E-state index contributed by atoms with van der Waals surface area (Å²) in [6.07, 6.45) is -2.37. The molecule has 2 heterocycles. The fourth-order valence-corrected chi connectivity index (χ4v) is 11.5. The molecule has 4 rings (SSSR count). The Labute approximate surface area is 363 Å². The summed E-state index contributed by atoms with van der Waals surface area (Å²) in [5, 5.41) is 21.5. The van der Waals surface area contributed by atoms with Crippen molar-refractivity contribution in [2.24, 2.45) is 0 Å². The predicted octanol–water partition coefficient (Wildman–Crippen LogP) is 7.01. The molecule has 0 amide bonds. The Balaban J connectivity index is 0.000000320. The van der Waals surface area contributed by atoms with Gasteiger partial charge in [-0.2, -0.15) is 8.61 Å². The van der Waals surface area contributed by atoms with Crippen LogP contribution >= 0.6 is 0 Å². The predicted molar refractivity (Wildman–Crippen MR) is 242 cm³/mol. The number of hydrogen-bond acceptors (Lipinski definition) is 10. The van der Waals surface area contributed by atoms with E-state index in [-0.39, 0.29) is 46.3 Å². The number of rotatable bonds is 10. The number of aliphatic hydroxyl groups is 2. The van der Waals surface area contributed by atoms with E-state index in [1.54, 1.807) is 76.2 Å². The van der Waals surface area contributed by atoms with Gasteiger partial charge in [0.15, 0.2) is 16.6 Å². The van der Waals surface area contributed by atoms with Gasteiger partial charge in [-0.15, -0.1) is 0 Å². The second-order valence-corrected chi connectivity index (χ2v) is 32.8. The van der Waals surface area contributed by atoms with Crippen LogP contribution in [0.15, 0.2) is 58.3 Å². The van der Waals surface area contributed by atoms with Gasteiger partial charge in [0, 0.05) is 0 Å². The maximum absolute atomic E-state index is 13.3. The van der Waals surface area contributed by atoms with Crippen molar-refractivity contribution in [3.05, 3.63) is 59.7 Å². The van der Waals surface area contributed by atoms with E-state index >= 15 is 0 Å². The summed E-state index contributed by atoms with van der Waals surface area (Å²) in [7, 11) is -11.6. The largest absolute Gasteiger partial charge is 0.406 e. The molecular formula is C44H70N2O10S2Si2. The van der Waals surface area contributed by atoms with Crippen molar-refractivity contribution in [1.29, 1.82) is 0 Å². The van der Waals surface area contributed by atoms with Gasteiger partial charge >= 0.3 is 0 Å². The summed E-state index contributed by atoms with van der Waals surface area (Å²) in [5.74, 6) is 11.3. The van der Waals surface area contributed by atoms with Gasteiger partial charge in [-0.05, 0) is 102 Å². The van der Waals surface area contributed by atoms with Gasteiger partial charge in [0.25, 0.3) is 0 Å². The van der Waals surface area contributed by atoms with Crippen molar-refractivity contribution in [2.75, 3.05) is 26.4 Å². The zero-order valence-electron chi connectivity index (χ0n) is 38.6. The lowest BCUT2D eigenvalue weighted by Gasteiger charge is -2.35. The van der Waals surface area contributed by atoms with Gasteiger partial charge in [0.1, 0.15) is 23.7 Å². The van der Waals surface area contributed by atoms with E-state index in [9.17, 15) is 27.0 Å². The first kappa shape index (κ1) is 51.9. The molecule has 2 N–H and O–H groups in total. The molecule has 0 saturated carbocycles. The first-order valence-electron chi connectivity index (χ1n) is 20.3. The highest BCUT2D eigenvalue weighted by atomic mass is 32.2. The highest BCUT2D eigenvalue weighted by Crippen LogP contribution is 2.39. The fourth-order valence-electron chi connectivity index (χ4n) is 6.01. The first-order chi connectivity index (χ1) is 27.2. The maximum atomic E-state index is 13.3. The molecule has 2 fully saturated rings.